The van der Waals surface area contributed by atoms with Crippen molar-refractivity contribution in [2.24, 2.45) is 0 Å². The van der Waals surface area contributed by atoms with E-state index in [9.17, 15) is 4.79 Å². The number of likely N-dealkylation sites (N-methyl/N-ethyl adjacent to an activating group) is 1. The molecule has 1 aromatic rings. The van der Waals surface area contributed by atoms with Crippen LogP contribution in [-0.4, -0.2) is 24.5 Å². The fourth-order valence-electron chi connectivity index (χ4n) is 1.50. The molecule has 4 nitrogen and oxygen atoms in total. The lowest BCUT2D eigenvalue weighted by Gasteiger charge is -2.24. The Morgan fingerprint density at radius 3 is 2.81 bits per heavy atom. The van der Waals surface area contributed by atoms with E-state index < -0.39 is 5.54 Å². The molecule has 1 aromatic heterocycles. The van der Waals surface area contributed by atoms with Crippen molar-refractivity contribution in [3.8, 4) is 0 Å². The van der Waals surface area contributed by atoms with E-state index in [-0.39, 0.29) is 5.91 Å². The molecule has 0 radical (unpaired) electrons. The highest BCUT2D eigenvalue weighted by atomic mass is 16.3. The summed E-state index contributed by atoms with van der Waals surface area (Å²) in [5, 5.41) is 6.01. The highest BCUT2D eigenvalue weighted by molar-refractivity contribution is 5.85. The molecule has 4 heteroatoms. The summed E-state index contributed by atoms with van der Waals surface area (Å²) in [6.07, 6.45) is 2.36. The van der Waals surface area contributed by atoms with Crippen molar-refractivity contribution in [2.75, 3.05) is 13.1 Å². The Kier molecular flexibility index (Phi) is 4.55. The third-order valence-electron chi connectivity index (χ3n) is 2.42. The average Bonchev–Trinajstić information content (AvgIpc) is 2.70. The maximum Gasteiger partial charge on any atom is 0.239 e. The summed E-state index contributed by atoms with van der Waals surface area (Å²) in [5.74, 6) is 0.905. The van der Waals surface area contributed by atoms with Crippen LogP contribution in [0.2, 0.25) is 0 Å². The first kappa shape index (κ1) is 12.8. The maximum absolute atomic E-state index is 11.8. The highest BCUT2D eigenvalue weighted by Gasteiger charge is 2.25. The molecule has 2 N–H and O–H groups in total. The van der Waals surface area contributed by atoms with Crippen molar-refractivity contribution in [3.63, 3.8) is 0 Å². The van der Waals surface area contributed by atoms with Crippen molar-refractivity contribution in [1.82, 2.24) is 10.6 Å². The molecule has 0 aliphatic heterocycles. The van der Waals surface area contributed by atoms with E-state index >= 15 is 0 Å². The molecule has 0 saturated heterocycles. The molecule has 90 valence electrons. The van der Waals surface area contributed by atoms with Gasteiger partial charge in [-0.15, -0.1) is 0 Å². The zero-order valence-electron chi connectivity index (χ0n) is 10.2. The van der Waals surface area contributed by atoms with E-state index in [0.717, 1.165) is 18.7 Å². The van der Waals surface area contributed by atoms with Gasteiger partial charge in [-0.3, -0.25) is 4.79 Å². The molecule has 0 unspecified atom stereocenters. The van der Waals surface area contributed by atoms with Crippen molar-refractivity contribution in [2.45, 2.75) is 32.7 Å². The molecule has 0 saturated carbocycles. The molecule has 0 atom stereocenters. The molecule has 0 aliphatic rings. The number of amides is 1. The highest BCUT2D eigenvalue weighted by Crippen LogP contribution is 2.03. The molecule has 0 aliphatic carbocycles. The largest absolute Gasteiger partial charge is 0.469 e. The van der Waals surface area contributed by atoms with Gasteiger partial charge in [-0.25, -0.2) is 0 Å². The summed E-state index contributed by atoms with van der Waals surface area (Å²) < 4.78 is 5.18. The molecular weight excluding hydrogens is 204 g/mol. The van der Waals surface area contributed by atoms with Crippen LogP contribution >= 0.6 is 0 Å². The molecule has 0 spiro atoms. The molecule has 1 amide bonds. The summed E-state index contributed by atoms with van der Waals surface area (Å²) in [7, 11) is 0. The average molecular weight is 224 g/mol. The summed E-state index contributed by atoms with van der Waals surface area (Å²) >= 11 is 0. The van der Waals surface area contributed by atoms with E-state index in [2.05, 4.69) is 10.6 Å². The Balaban J connectivity index is 2.30. The van der Waals surface area contributed by atoms with Crippen molar-refractivity contribution in [3.05, 3.63) is 24.2 Å². The second-order valence-electron chi connectivity index (χ2n) is 4.24. The Labute approximate surface area is 96.4 Å². The van der Waals surface area contributed by atoms with Gasteiger partial charge in [0, 0.05) is 13.0 Å². The minimum absolute atomic E-state index is 0.0147. The summed E-state index contributed by atoms with van der Waals surface area (Å²) in [4.78, 5) is 11.8. The fraction of sp³-hybridized carbons (Fsp3) is 0.583. The second-order valence-corrected chi connectivity index (χ2v) is 4.24. The van der Waals surface area contributed by atoms with Crippen LogP contribution in [0.1, 0.15) is 26.5 Å². The number of hydrogen-bond donors (Lipinski definition) is 2. The van der Waals surface area contributed by atoms with Gasteiger partial charge in [-0.05, 0) is 32.5 Å². The Bertz CT molecular complexity index is 318. The first-order valence-corrected chi connectivity index (χ1v) is 5.62. The molecular formula is C12H20N2O2. The smallest absolute Gasteiger partial charge is 0.239 e. The first-order valence-electron chi connectivity index (χ1n) is 5.62. The van der Waals surface area contributed by atoms with Gasteiger partial charge in [-0.2, -0.15) is 0 Å². The van der Waals surface area contributed by atoms with Crippen molar-refractivity contribution in [1.29, 1.82) is 0 Å². The standard InChI is InChI=1S/C12H20N2O2/c1-4-14-12(2,3)11(15)13-8-7-10-6-5-9-16-10/h5-6,9,14H,4,7-8H2,1-3H3,(H,13,15). The predicted molar refractivity (Wildman–Crippen MR) is 63.2 cm³/mol. The lowest BCUT2D eigenvalue weighted by molar-refractivity contribution is -0.126. The normalized spacial score (nSPS) is 11.4. The van der Waals surface area contributed by atoms with Crippen LogP contribution in [0, 0.1) is 0 Å². The zero-order valence-corrected chi connectivity index (χ0v) is 10.2. The third-order valence-corrected chi connectivity index (χ3v) is 2.42. The minimum atomic E-state index is -0.516. The molecule has 0 aromatic carbocycles. The number of hydrogen-bond acceptors (Lipinski definition) is 3. The Morgan fingerprint density at radius 2 is 2.25 bits per heavy atom. The van der Waals surface area contributed by atoms with E-state index in [4.69, 9.17) is 4.42 Å². The van der Waals surface area contributed by atoms with Gasteiger partial charge >= 0.3 is 0 Å². The number of carbonyl (C=O) groups is 1. The minimum Gasteiger partial charge on any atom is -0.469 e. The van der Waals surface area contributed by atoms with E-state index in [1.807, 2.05) is 32.9 Å². The first-order chi connectivity index (χ1) is 7.56. The van der Waals surface area contributed by atoms with Gasteiger partial charge in [-0.1, -0.05) is 6.92 Å². The van der Waals surface area contributed by atoms with Crippen molar-refractivity contribution < 1.29 is 9.21 Å². The van der Waals surface area contributed by atoms with Gasteiger partial charge in [0.15, 0.2) is 0 Å². The van der Waals surface area contributed by atoms with E-state index in [1.165, 1.54) is 0 Å². The molecule has 0 bridgehead atoms. The molecule has 1 rings (SSSR count). The van der Waals surface area contributed by atoms with E-state index in [1.54, 1.807) is 6.26 Å². The monoisotopic (exact) mass is 224 g/mol. The Hall–Kier alpha value is -1.29. The van der Waals surface area contributed by atoms with Crippen LogP contribution in [-0.2, 0) is 11.2 Å². The van der Waals surface area contributed by atoms with Gasteiger partial charge < -0.3 is 15.1 Å². The zero-order chi connectivity index (χ0) is 12.0. The van der Waals surface area contributed by atoms with Crippen LogP contribution in [0.15, 0.2) is 22.8 Å². The quantitative estimate of drug-likeness (QED) is 0.766. The van der Waals surface area contributed by atoms with Gasteiger partial charge in [0.05, 0.1) is 11.8 Å². The number of nitrogens with one attached hydrogen (secondary N) is 2. The predicted octanol–water partition coefficient (Wildman–Crippen LogP) is 1.33. The molecule has 1 heterocycles. The summed E-state index contributed by atoms with van der Waals surface area (Å²) in [6, 6.07) is 3.75. The topological polar surface area (TPSA) is 54.3 Å². The molecule has 16 heavy (non-hydrogen) atoms. The number of carbonyl (C=O) groups excluding carboxylic acids is 1. The maximum atomic E-state index is 11.8. The van der Waals surface area contributed by atoms with Gasteiger partial charge in [0.2, 0.25) is 5.91 Å². The number of rotatable bonds is 6. The van der Waals surface area contributed by atoms with Crippen LogP contribution < -0.4 is 10.6 Å². The van der Waals surface area contributed by atoms with Crippen LogP contribution in [0.5, 0.6) is 0 Å². The van der Waals surface area contributed by atoms with Crippen LogP contribution in [0.3, 0.4) is 0 Å². The fourth-order valence-corrected chi connectivity index (χ4v) is 1.50. The SMILES string of the molecule is CCNC(C)(C)C(=O)NCCc1ccco1. The number of furan rings is 1. The van der Waals surface area contributed by atoms with Crippen molar-refractivity contribution >= 4 is 5.91 Å². The van der Waals surface area contributed by atoms with Crippen LogP contribution in [0.4, 0.5) is 0 Å². The lowest BCUT2D eigenvalue weighted by Crippen LogP contribution is -2.52. The third kappa shape index (κ3) is 3.70. The van der Waals surface area contributed by atoms with Gasteiger partial charge in [0.1, 0.15) is 5.76 Å². The second kappa shape index (κ2) is 5.70. The summed E-state index contributed by atoms with van der Waals surface area (Å²) in [5.41, 5.74) is -0.516. The molecule has 0 fully saturated rings. The van der Waals surface area contributed by atoms with Crippen LogP contribution in [0.25, 0.3) is 0 Å². The summed E-state index contributed by atoms with van der Waals surface area (Å²) in [6.45, 7) is 7.11. The lowest BCUT2D eigenvalue weighted by atomic mass is 10.0. The van der Waals surface area contributed by atoms with Gasteiger partial charge in [0.25, 0.3) is 0 Å². The Morgan fingerprint density at radius 1 is 1.50 bits per heavy atom. The van der Waals surface area contributed by atoms with E-state index in [0.29, 0.717) is 6.54 Å².